The average Bonchev–Trinajstić information content (AvgIpc) is 2.72. The van der Waals surface area contributed by atoms with Crippen molar-refractivity contribution in [1.82, 2.24) is 9.97 Å². The third-order valence-electron chi connectivity index (χ3n) is 4.25. The molecular formula is C21H21FN6O3S. The van der Waals surface area contributed by atoms with Gasteiger partial charge in [-0.2, -0.15) is 10.2 Å². The van der Waals surface area contributed by atoms with E-state index in [1.54, 1.807) is 57.2 Å². The van der Waals surface area contributed by atoms with Crippen molar-refractivity contribution in [1.29, 1.82) is 5.26 Å². The van der Waals surface area contributed by atoms with E-state index in [0.29, 0.717) is 22.7 Å². The van der Waals surface area contributed by atoms with Gasteiger partial charge in [0, 0.05) is 11.4 Å². The maximum absolute atomic E-state index is 14.2. The first-order valence-corrected chi connectivity index (χ1v) is 10.9. The Morgan fingerprint density at radius 1 is 1.12 bits per heavy atom. The van der Waals surface area contributed by atoms with Gasteiger partial charge in [-0.3, -0.25) is 0 Å². The second-order valence-corrected chi connectivity index (χ2v) is 8.94. The highest BCUT2D eigenvalue weighted by molar-refractivity contribution is 7.89. The summed E-state index contributed by atoms with van der Waals surface area (Å²) in [7, 11) is -3.90. The number of primary sulfonamides is 1. The van der Waals surface area contributed by atoms with E-state index in [0.717, 1.165) is 6.20 Å². The first-order valence-electron chi connectivity index (χ1n) is 9.37. The minimum absolute atomic E-state index is 0.0372. The molecule has 0 amide bonds. The first kappa shape index (κ1) is 22.9. The highest BCUT2D eigenvalue weighted by atomic mass is 32.2. The molecule has 32 heavy (non-hydrogen) atoms. The Kier molecular flexibility index (Phi) is 6.29. The summed E-state index contributed by atoms with van der Waals surface area (Å²) in [5, 5.41) is 20.0. The smallest absolute Gasteiger partial charge is 0.238 e. The van der Waals surface area contributed by atoms with Crippen LogP contribution in [0.25, 0.3) is 0 Å². The number of aromatic nitrogens is 2. The largest absolute Gasteiger partial charge is 0.473 e. The molecule has 1 heterocycles. The number of hydrogen-bond donors (Lipinski definition) is 3. The molecule has 0 fully saturated rings. The molecule has 0 aliphatic rings. The van der Waals surface area contributed by atoms with Gasteiger partial charge in [0.25, 0.3) is 0 Å². The topological polar surface area (TPSA) is 143 Å². The van der Waals surface area contributed by atoms with Crippen molar-refractivity contribution in [2.75, 3.05) is 10.6 Å². The molecule has 3 aromatic rings. The molecule has 3 rings (SSSR count). The summed E-state index contributed by atoms with van der Waals surface area (Å²) in [5.41, 5.74) is 0.417. The van der Waals surface area contributed by atoms with Crippen LogP contribution in [0.3, 0.4) is 0 Å². The Bertz CT molecular complexity index is 1290. The highest BCUT2D eigenvalue weighted by Crippen LogP contribution is 2.25. The van der Waals surface area contributed by atoms with Crippen LogP contribution in [0.5, 0.6) is 5.75 Å². The number of ether oxygens (including phenoxy) is 1. The third kappa shape index (κ3) is 5.69. The van der Waals surface area contributed by atoms with Crippen molar-refractivity contribution in [3.8, 4) is 11.8 Å². The lowest BCUT2D eigenvalue weighted by atomic mass is 10.2. The van der Waals surface area contributed by atoms with Crippen LogP contribution in [-0.2, 0) is 10.0 Å². The molecule has 0 aliphatic carbocycles. The van der Waals surface area contributed by atoms with E-state index in [-0.39, 0.29) is 16.7 Å². The summed E-state index contributed by atoms with van der Waals surface area (Å²) in [5.74, 6) is -0.241. The number of sulfonamides is 1. The number of hydrogen-bond acceptors (Lipinski definition) is 8. The standard InChI is InChI=1S/C21H21FN6O3S/c1-13-4-5-15(10-18(13)32(24,29)30)27-20-25-11-17(22)19(28-20)26-14-6-8-16(9-7-14)31-21(2,3)12-23/h4-11H,1-3H3,(H2,24,29,30)(H2,25,26,27,28). The summed E-state index contributed by atoms with van der Waals surface area (Å²) in [6.07, 6.45) is 0.985. The van der Waals surface area contributed by atoms with Crippen molar-refractivity contribution < 1.29 is 17.5 Å². The number of aryl methyl sites for hydroxylation is 1. The summed E-state index contributed by atoms with van der Waals surface area (Å²) in [6, 6.07) is 13.2. The maximum Gasteiger partial charge on any atom is 0.238 e. The Morgan fingerprint density at radius 3 is 2.41 bits per heavy atom. The van der Waals surface area contributed by atoms with Gasteiger partial charge in [0.2, 0.25) is 16.0 Å². The second kappa shape index (κ2) is 8.78. The van der Waals surface area contributed by atoms with Crippen LogP contribution < -0.4 is 20.5 Å². The van der Waals surface area contributed by atoms with Crippen molar-refractivity contribution >= 4 is 33.2 Å². The Balaban J connectivity index is 1.79. The van der Waals surface area contributed by atoms with Crippen LogP contribution in [0.2, 0.25) is 0 Å². The maximum atomic E-state index is 14.2. The van der Waals surface area contributed by atoms with E-state index in [2.05, 4.69) is 20.6 Å². The van der Waals surface area contributed by atoms with Gasteiger partial charge in [-0.25, -0.2) is 22.9 Å². The number of anilines is 4. The van der Waals surface area contributed by atoms with E-state index in [1.807, 2.05) is 6.07 Å². The fraction of sp³-hybridized carbons (Fsp3) is 0.190. The predicted molar refractivity (Wildman–Crippen MR) is 118 cm³/mol. The molecule has 11 heteroatoms. The molecule has 0 saturated heterocycles. The first-order chi connectivity index (χ1) is 15.0. The summed E-state index contributed by atoms with van der Waals surface area (Å²) < 4.78 is 43.2. The van der Waals surface area contributed by atoms with Gasteiger partial charge in [-0.1, -0.05) is 6.07 Å². The van der Waals surface area contributed by atoms with Gasteiger partial charge in [0.15, 0.2) is 17.2 Å². The minimum Gasteiger partial charge on any atom is -0.473 e. The quantitative estimate of drug-likeness (QED) is 0.488. The molecule has 2 aromatic carbocycles. The third-order valence-corrected chi connectivity index (χ3v) is 5.31. The molecule has 9 nitrogen and oxygen atoms in total. The van der Waals surface area contributed by atoms with Crippen LogP contribution in [-0.4, -0.2) is 24.0 Å². The number of nitrogens with zero attached hydrogens (tertiary/aromatic N) is 3. The Morgan fingerprint density at radius 2 is 1.78 bits per heavy atom. The van der Waals surface area contributed by atoms with Gasteiger partial charge >= 0.3 is 0 Å². The van der Waals surface area contributed by atoms with Crippen LogP contribution in [0.15, 0.2) is 53.6 Å². The van der Waals surface area contributed by atoms with E-state index >= 15 is 0 Å². The second-order valence-electron chi connectivity index (χ2n) is 7.41. The number of rotatable bonds is 7. The van der Waals surface area contributed by atoms with Crippen molar-refractivity contribution in [3.05, 3.63) is 60.0 Å². The molecular weight excluding hydrogens is 435 g/mol. The van der Waals surface area contributed by atoms with Gasteiger partial charge in [-0.15, -0.1) is 0 Å². The zero-order valence-corrected chi connectivity index (χ0v) is 18.4. The zero-order chi connectivity index (χ0) is 23.5. The monoisotopic (exact) mass is 456 g/mol. The van der Waals surface area contributed by atoms with Gasteiger partial charge in [0.05, 0.1) is 11.1 Å². The molecule has 4 N–H and O–H groups in total. The fourth-order valence-electron chi connectivity index (χ4n) is 2.69. The van der Waals surface area contributed by atoms with E-state index < -0.39 is 21.4 Å². The lowest BCUT2D eigenvalue weighted by Crippen LogP contribution is -2.25. The van der Waals surface area contributed by atoms with E-state index in [1.165, 1.54) is 6.07 Å². The highest BCUT2D eigenvalue weighted by Gasteiger charge is 2.18. The Hall–Kier alpha value is -3.75. The van der Waals surface area contributed by atoms with Crippen LogP contribution in [0.4, 0.5) is 27.5 Å². The molecule has 0 spiro atoms. The minimum atomic E-state index is -3.90. The summed E-state index contributed by atoms with van der Waals surface area (Å²) >= 11 is 0. The van der Waals surface area contributed by atoms with Crippen molar-refractivity contribution in [2.45, 2.75) is 31.3 Å². The average molecular weight is 457 g/mol. The number of halogens is 1. The molecule has 0 atom stereocenters. The molecule has 166 valence electrons. The SMILES string of the molecule is Cc1ccc(Nc2ncc(F)c(Nc3ccc(OC(C)(C)C#N)cc3)n2)cc1S(N)(=O)=O. The normalized spacial score (nSPS) is 11.5. The Labute approximate surface area is 185 Å². The molecule has 1 aromatic heterocycles. The summed E-state index contributed by atoms with van der Waals surface area (Å²) in [4.78, 5) is 7.96. The number of nitriles is 1. The van der Waals surface area contributed by atoms with Crippen LogP contribution in [0.1, 0.15) is 19.4 Å². The van der Waals surface area contributed by atoms with Crippen LogP contribution >= 0.6 is 0 Å². The molecule has 0 bridgehead atoms. The number of nitrogens with two attached hydrogens (primary N) is 1. The van der Waals surface area contributed by atoms with Gasteiger partial charge in [-0.05, 0) is 62.7 Å². The number of benzene rings is 2. The molecule has 0 radical (unpaired) electrons. The molecule has 0 aliphatic heterocycles. The summed E-state index contributed by atoms with van der Waals surface area (Å²) in [6.45, 7) is 4.91. The van der Waals surface area contributed by atoms with E-state index in [9.17, 15) is 12.8 Å². The fourth-order valence-corrected chi connectivity index (χ4v) is 3.50. The van der Waals surface area contributed by atoms with Crippen molar-refractivity contribution in [2.24, 2.45) is 5.14 Å². The van der Waals surface area contributed by atoms with Gasteiger partial charge < -0.3 is 15.4 Å². The number of nitrogens with one attached hydrogen (secondary N) is 2. The lowest BCUT2D eigenvalue weighted by molar-refractivity contribution is 0.170. The van der Waals surface area contributed by atoms with Crippen LogP contribution in [0, 0.1) is 24.1 Å². The molecule has 0 saturated carbocycles. The molecule has 0 unspecified atom stereocenters. The lowest BCUT2D eigenvalue weighted by Gasteiger charge is -2.18. The van der Waals surface area contributed by atoms with E-state index in [4.69, 9.17) is 15.1 Å². The zero-order valence-electron chi connectivity index (χ0n) is 17.5. The van der Waals surface area contributed by atoms with Gasteiger partial charge in [0.1, 0.15) is 11.8 Å². The predicted octanol–water partition coefficient (Wildman–Crippen LogP) is 3.74. The van der Waals surface area contributed by atoms with Crippen molar-refractivity contribution in [3.63, 3.8) is 0 Å².